The highest BCUT2D eigenvalue weighted by molar-refractivity contribution is 7.15. The molecule has 170 valence electrons. The zero-order valence-electron chi connectivity index (χ0n) is 17.6. The van der Waals surface area contributed by atoms with E-state index in [2.05, 4.69) is 9.97 Å². The Labute approximate surface area is 187 Å². The van der Waals surface area contributed by atoms with Gasteiger partial charge in [-0.15, -0.1) is 11.3 Å². The van der Waals surface area contributed by atoms with Gasteiger partial charge in [0, 0.05) is 17.1 Å². The smallest absolute Gasteiger partial charge is 0.433 e. The van der Waals surface area contributed by atoms with Crippen molar-refractivity contribution >= 4 is 17.3 Å². The normalized spacial score (nSPS) is 11.8. The van der Waals surface area contributed by atoms with E-state index in [1.807, 2.05) is 0 Å². The molecule has 0 saturated heterocycles. The minimum atomic E-state index is -4.53. The van der Waals surface area contributed by atoms with Gasteiger partial charge in [0.1, 0.15) is 23.8 Å². The molecule has 0 radical (unpaired) electrons. The van der Waals surface area contributed by atoms with Crippen molar-refractivity contribution < 1.29 is 32.2 Å². The highest BCUT2D eigenvalue weighted by Gasteiger charge is 2.33. The highest BCUT2D eigenvalue weighted by Crippen LogP contribution is 2.31. The second-order valence-electron chi connectivity index (χ2n) is 7.13. The van der Waals surface area contributed by atoms with Crippen molar-refractivity contribution in [2.45, 2.75) is 39.2 Å². The first-order valence-corrected chi connectivity index (χ1v) is 10.5. The Balaban J connectivity index is 1.66. The topological polar surface area (TPSA) is 70.5 Å². The third kappa shape index (κ3) is 5.97. The summed E-state index contributed by atoms with van der Waals surface area (Å²) in [5, 5.41) is 0. The lowest BCUT2D eigenvalue weighted by Crippen LogP contribution is -2.39. The van der Waals surface area contributed by atoms with Crippen molar-refractivity contribution in [2.24, 2.45) is 0 Å². The summed E-state index contributed by atoms with van der Waals surface area (Å²) in [7, 11) is 0. The average molecular weight is 466 g/mol. The molecule has 0 unspecified atom stereocenters. The summed E-state index contributed by atoms with van der Waals surface area (Å²) in [6.45, 7) is 5.39. The van der Waals surface area contributed by atoms with Crippen LogP contribution in [0.1, 0.15) is 31.3 Å². The van der Waals surface area contributed by atoms with E-state index >= 15 is 0 Å². The molecule has 3 rings (SSSR count). The predicted molar refractivity (Wildman–Crippen MR) is 112 cm³/mol. The highest BCUT2D eigenvalue weighted by atomic mass is 32.1. The van der Waals surface area contributed by atoms with E-state index in [4.69, 9.17) is 14.2 Å². The Kier molecular flexibility index (Phi) is 7.02. The van der Waals surface area contributed by atoms with Crippen molar-refractivity contribution in [3.8, 4) is 22.2 Å². The molecule has 0 spiro atoms. The van der Waals surface area contributed by atoms with Crippen LogP contribution in [0.2, 0.25) is 0 Å². The van der Waals surface area contributed by atoms with Gasteiger partial charge in [-0.2, -0.15) is 13.2 Å². The molecule has 0 N–H and O–H groups in total. The molecular formula is C22H21F3N2O4S. The number of hydrogen-bond donors (Lipinski definition) is 0. The van der Waals surface area contributed by atoms with E-state index in [0.717, 1.165) is 17.1 Å². The Morgan fingerprint density at radius 1 is 1.09 bits per heavy atom. The van der Waals surface area contributed by atoms with E-state index in [1.54, 1.807) is 57.2 Å². The second-order valence-corrected chi connectivity index (χ2v) is 8.29. The maximum atomic E-state index is 12.9. The van der Waals surface area contributed by atoms with Gasteiger partial charge in [0.15, 0.2) is 11.4 Å². The summed E-state index contributed by atoms with van der Waals surface area (Å²) in [5.74, 6) is 0.471. The Morgan fingerprint density at radius 3 is 2.56 bits per heavy atom. The lowest BCUT2D eigenvalue weighted by atomic mass is 10.1. The van der Waals surface area contributed by atoms with E-state index in [9.17, 15) is 18.0 Å². The Bertz CT molecular complexity index is 1080. The maximum Gasteiger partial charge on any atom is 0.433 e. The molecule has 0 aliphatic rings. The zero-order chi connectivity index (χ0) is 23.4. The molecule has 10 heteroatoms. The monoisotopic (exact) mass is 466 g/mol. The number of carbonyl (C=O) groups excluding carboxylic acids is 1. The molecule has 2 heterocycles. The molecule has 1 aromatic carbocycles. The number of esters is 1. The molecule has 0 amide bonds. The minimum absolute atomic E-state index is 0.00710. The van der Waals surface area contributed by atoms with Crippen LogP contribution in [0.4, 0.5) is 13.2 Å². The van der Waals surface area contributed by atoms with Crippen LogP contribution >= 0.6 is 11.3 Å². The lowest BCUT2D eigenvalue weighted by Gasteiger charge is -2.24. The third-order valence-corrected chi connectivity index (χ3v) is 5.21. The number of nitrogens with zero attached hydrogens (tertiary/aromatic N) is 2. The van der Waals surface area contributed by atoms with Crippen molar-refractivity contribution in [1.82, 2.24) is 9.97 Å². The van der Waals surface area contributed by atoms with Crippen molar-refractivity contribution in [3.63, 3.8) is 0 Å². The van der Waals surface area contributed by atoms with Gasteiger partial charge in [-0.3, -0.25) is 0 Å². The van der Waals surface area contributed by atoms with Gasteiger partial charge in [-0.25, -0.2) is 14.8 Å². The number of aromatic nitrogens is 2. The van der Waals surface area contributed by atoms with Gasteiger partial charge >= 0.3 is 12.1 Å². The van der Waals surface area contributed by atoms with Gasteiger partial charge < -0.3 is 14.2 Å². The quantitative estimate of drug-likeness (QED) is 0.407. The molecule has 32 heavy (non-hydrogen) atoms. The summed E-state index contributed by atoms with van der Waals surface area (Å²) in [4.78, 5) is 20.8. The summed E-state index contributed by atoms with van der Waals surface area (Å²) in [6, 6.07) is 11.0. The minimum Gasteiger partial charge on any atom is -0.488 e. The molecular weight excluding hydrogens is 445 g/mol. The average Bonchev–Trinajstić information content (AvgIpc) is 3.21. The van der Waals surface area contributed by atoms with Crippen LogP contribution in [0, 0.1) is 0 Å². The number of hydrogen-bond acceptors (Lipinski definition) is 7. The summed E-state index contributed by atoms with van der Waals surface area (Å²) in [6.07, 6.45) is -3.44. The van der Waals surface area contributed by atoms with E-state index < -0.39 is 23.4 Å². The van der Waals surface area contributed by atoms with Crippen LogP contribution in [-0.4, -0.2) is 28.1 Å². The predicted octanol–water partition coefficient (Wildman–Crippen LogP) is 5.52. The number of alkyl halides is 3. The maximum absolute atomic E-state index is 12.9. The first-order valence-electron chi connectivity index (χ1n) is 9.67. The standard InChI is InChI=1S/C22H21F3N2O4S/c1-4-29-20(28)21(2,3)31-15-7-5-6-14(12-15)30-13-16-8-9-17(32-16)19-26-11-10-18(27-19)22(23,24)25/h5-12H,4,13H2,1-3H3. The van der Waals surface area contributed by atoms with Crippen LogP contribution in [0.25, 0.3) is 10.7 Å². The summed E-state index contributed by atoms with van der Waals surface area (Å²) >= 11 is 1.24. The molecule has 0 bridgehead atoms. The number of ether oxygens (including phenoxy) is 3. The number of halogens is 3. The van der Waals surface area contributed by atoms with Crippen molar-refractivity contribution in [1.29, 1.82) is 0 Å². The van der Waals surface area contributed by atoms with Crippen LogP contribution in [-0.2, 0) is 22.3 Å². The molecule has 0 saturated carbocycles. The van der Waals surface area contributed by atoms with Crippen molar-refractivity contribution in [3.05, 3.63) is 59.2 Å². The van der Waals surface area contributed by atoms with E-state index in [-0.39, 0.29) is 19.0 Å². The molecule has 0 aliphatic carbocycles. The zero-order valence-corrected chi connectivity index (χ0v) is 18.4. The first kappa shape index (κ1) is 23.5. The largest absolute Gasteiger partial charge is 0.488 e. The van der Waals surface area contributed by atoms with Gasteiger partial charge in [0.2, 0.25) is 0 Å². The molecule has 6 nitrogen and oxygen atoms in total. The molecule has 2 aromatic heterocycles. The molecule has 0 aliphatic heterocycles. The van der Waals surface area contributed by atoms with Gasteiger partial charge in [-0.1, -0.05) is 6.07 Å². The lowest BCUT2D eigenvalue weighted by molar-refractivity contribution is -0.158. The van der Waals surface area contributed by atoms with Crippen LogP contribution in [0.3, 0.4) is 0 Å². The third-order valence-electron chi connectivity index (χ3n) is 4.15. The van der Waals surface area contributed by atoms with Gasteiger partial charge in [0.05, 0.1) is 11.5 Å². The fourth-order valence-corrected chi connectivity index (χ4v) is 3.50. The van der Waals surface area contributed by atoms with Crippen LogP contribution in [0.15, 0.2) is 48.7 Å². The SMILES string of the molecule is CCOC(=O)C(C)(C)Oc1cccc(OCc2ccc(-c3nccc(C(F)(F)F)n3)s2)c1. The molecule has 0 fully saturated rings. The Morgan fingerprint density at radius 2 is 1.84 bits per heavy atom. The van der Waals surface area contributed by atoms with Crippen LogP contribution in [0.5, 0.6) is 11.5 Å². The molecule has 0 atom stereocenters. The fraction of sp³-hybridized carbons (Fsp3) is 0.318. The second kappa shape index (κ2) is 9.56. The number of thiophene rings is 1. The van der Waals surface area contributed by atoms with Gasteiger partial charge in [0.25, 0.3) is 0 Å². The molecule has 3 aromatic rings. The number of carbonyl (C=O) groups is 1. The van der Waals surface area contributed by atoms with E-state index in [0.29, 0.717) is 16.4 Å². The van der Waals surface area contributed by atoms with Crippen molar-refractivity contribution in [2.75, 3.05) is 6.61 Å². The van der Waals surface area contributed by atoms with Gasteiger partial charge in [-0.05, 0) is 51.1 Å². The first-order chi connectivity index (χ1) is 15.1. The fourth-order valence-electron chi connectivity index (χ4n) is 2.63. The van der Waals surface area contributed by atoms with Crippen LogP contribution < -0.4 is 9.47 Å². The summed E-state index contributed by atoms with van der Waals surface area (Å²) < 4.78 is 55.2. The van der Waals surface area contributed by atoms with E-state index in [1.165, 1.54) is 11.3 Å². The Hall–Kier alpha value is -3.14. The number of rotatable bonds is 8. The summed E-state index contributed by atoms with van der Waals surface area (Å²) in [5.41, 5.74) is -2.15. The number of benzene rings is 1.